The summed E-state index contributed by atoms with van der Waals surface area (Å²) in [6.45, 7) is 2.13. The summed E-state index contributed by atoms with van der Waals surface area (Å²) in [5, 5.41) is 17.0. The number of carbonyl (C=O) groups is 1. The second-order valence-corrected chi connectivity index (χ2v) is 4.20. The molecule has 78 valence electrons. The zero-order valence-electron chi connectivity index (χ0n) is 8.03. The highest BCUT2D eigenvalue weighted by Gasteiger charge is 2.14. The summed E-state index contributed by atoms with van der Waals surface area (Å²) in [5.41, 5.74) is 0. The van der Waals surface area contributed by atoms with E-state index in [0.29, 0.717) is 6.42 Å². The van der Waals surface area contributed by atoms with Crippen LogP contribution in [0.3, 0.4) is 0 Å². The first-order valence-electron chi connectivity index (χ1n) is 4.67. The number of hydrogen-bond donors (Lipinski definition) is 2. The van der Waals surface area contributed by atoms with E-state index in [1.165, 1.54) is 11.8 Å². The van der Waals surface area contributed by atoms with Gasteiger partial charge in [-0.2, -0.15) is 0 Å². The Kier molecular flexibility index (Phi) is 8.24. The van der Waals surface area contributed by atoms with Crippen LogP contribution in [0.25, 0.3) is 0 Å². The maximum atomic E-state index is 10.6. The van der Waals surface area contributed by atoms with Gasteiger partial charge in [-0.1, -0.05) is 13.3 Å². The standard InChI is InChI=1S/C9H18O3S/c1-2-8(9(11)12)13-7-5-3-4-6-10/h8,10H,2-7H2,1H3,(H,11,12). The minimum Gasteiger partial charge on any atom is -0.480 e. The van der Waals surface area contributed by atoms with Crippen LogP contribution in [-0.2, 0) is 4.79 Å². The molecule has 4 heteroatoms. The Balaban J connectivity index is 3.33. The van der Waals surface area contributed by atoms with Crippen molar-refractivity contribution in [3.63, 3.8) is 0 Å². The lowest BCUT2D eigenvalue weighted by Crippen LogP contribution is -2.15. The molecule has 0 fully saturated rings. The van der Waals surface area contributed by atoms with Crippen molar-refractivity contribution in [2.24, 2.45) is 0 Å². The van der Waals surface area contributed by atoms with Crippen LogP contribution in [0.1, 0.15) is 32.6 Å². The molecular formula is C9H18O3S. The number of thioether (sulfide) groups is 1. The zero-order valence-corrected chi connectivity index (χ0v) is 8.85. The van der Waals surface area contributed by atoms with Crippen LogP contribution in [0, 0.1) is 0 Å². The fourth-order valence-electron chi connectivity index (χ4n) is 0.980. The number of hydrogen-bond acceptors (Lipinski definition) is 3. The summed E-state index contributed by atoms with van der Waals surface area (Å²) >= 11 is 1.50. The predicted molar refractivity (Wildman–Crippen MR) is 55.1 cm³/mol. The van der Waals surface area contributed by atoms with Crippen molar-refractivity contribution in [3.05, 3.63) is 0 Å². The monoisotopic (exact) mass is 206 g/mol. The molecule has 0 radical (unpaired) electrons. The maximum Gasteiger partial charge on any atom is 0.316 e. The summed E-state index contributed by atoms with van der Waals surface area (Å²) < 4.78 is 0. The van der Waals surface area contributed by atoms with Gasteiger partial charge >= 0.3 is 5.97 Å². The van der Waals surface area contributed by atoms with Crippen LogP contribution < -0.4 is 0 Å². The smallest absolute Gasteiger partial charge is 0.316 e. The highest BCUT2D eigenvalue weighted by atomic mass is 32.2. The molecule has 0 aliphatic heterocycles. The van der Waals surface area contributed by atoms with Crippen LogP contribution in [0.15, 0.2) is 0 Å². The lowest BCUT2D eigenvalue weighted by Gasteiger charge is -2.08. The van der Waals surface area contributed by atoms with Crippen LogP contribution in [0.5, 0.6) is 0 Å². The first-order valence-corrected chi connectivity index (χ1v) is 5.72. The van der Waals surface area contributed by atoms with E-state index >= 15 is 0 Å². The van der Waals surface area contributed by atoms with Gasteiger partial charge in [0.25, 0.3) is 0 Å². The maximum absolute atomic E-state index is 10.6. The fourth-order valence-corrected chi connectivity index (χ4v) is 2.01. The second-order valence-electron chi connectivity index (χ2n) is 2.89. The highest BCUT2D eigenvalue weighted by Crippen LogP contribution is 2.16. The summed E-state index contributed by atoms with van der Waals surface area (Å²) in [6, 6.07) is 0. The molecule has 13 heavy (non-hydrogen) atoms. The Bertz CT molecular complexity index is 139. The lowest BCUT2D eigenvalue weighted by atomic mass is 10.3. The van der Waals surface area contributed by atoms with Crippen molar-refractivity contribution in [2.45, 2.75) is 37.9 Å². The number of carboxylic acid groups (broad SMARTS) is 1. The molecule has 0 bridgehead atoms. The Morgan fingerprint density at radius 1 is 1.38 bits per heavy atom. The third-order valence-electron chi connectivity index (χ3n) is 1.77. The van der Waals surface area contributed by atoms with Gasteiger partial charge in [0.2, 0.25) is 0 Å². The molecule has 0 amide bonds. The molecule has 0 aliphatic carbocycles. The van der Waals surface area contributed by atoms with E-state index in [1.54, 1.807) is 0 Å². The topological polar surface area (TPSA) is 57.5 Å². The van der Waals surface area contributed by atoms with E-state index in [4.69, 9.17) is 10.2 Å². The first-order chi connectivity index (χ1) is 6.22. The van der Waals surface area contributed by atoms with Crippen LogP contribution >= 0.6 is 11.8 Å². The molecule has 1 atom stereocenters. The molecule has 1 unspecified atom stereocenters. The Hall–Kier alpha value is -0.220. The van der Waals surface area contributed by atoms with Crippen molar-refractivity contribution in [3.8, 4) is 0 Å². The predicted octanol–water partition coefficient (Wildman–Crippen LogP) is 1.75. The number of aliphatic hydroxyl groups excluding tert-OH is 1. The van der Waals surface area contributed by atoms with E-state index in [9.17, 15) is 4.79 Å². The summed E-state index contributed by atoms with van der Waals surface area (Å²) in [5.74, 6) is 0.166. The third kappa shape index (κ3) is 6.90. The molecular weight excluding hydrogens is 188 g/mol. The third-order valence-corrected chi connectivity index (χ3v) is 3.23. The van der Waals surface area contributed by atoms with Gasteiger partial charge in [-0.3, -0.25) is 4.79 Å². The minimum absolute atomic E-state index is 0.237. The Labute approximate surface area is 83.5 Å². The van der Waals surface area contributed by atoms with E-state index in [1.807, 2.05) is 6.92 Å². The number of rotatable bonds is 8. The number of aliphatic carboxylic acids is 1. The van der Waals surface area contributed by atoms with Gasteiger partial charge in [0.1, 0.15) is 5.25 Å². The van der Waals surface area contributed by atoms with Gasteiger partial charge < -0.3 is 10.2 Å². The number of aliphatic hydroxyl groups is 1. The normalized spacial score (nSPS) is 12.8. The lowest BCUT2D eigenvalue weighted by molar-refractivity contribution is -0.136. The molecule has 0 aromatic carbocycles. The van der Waals surface area contributed by atoms with Crippen molar-refractivity contribution in [1.29, 1.82) is 0 Å². The quantitative estimate of drug-likeness (QED) is 0.594. The van der Waals surface area contributed by atoms with Crippen molar-refractivity contribution >= 4 is 17.7 Å². The van der Waals surface area contributed by atoms with E-state index in [-0.39, 0.29) is 11.9 Å². The summed E-state index contributed by atoms with van der Waals surface area (Å²) in [6.07, 6.45) is 3.49. The molecule has 0 rings (SSSR count). The molecule has 0 aromatic rings. The van der Waals surface area contributed by atoms with Crippen molar-refractivity contribution in [1.82, 2.24) is 0 Å². The largest absolute Gasteiger partial charge is 0.480 e. The van der Waals surface area contributed by atoms with Gasteiger partial charge in [0.15, 0.2) is 0 Å². The van der Waals surface area contributed by atoms with E-state index < -0.39 is 5.97 Å². The average Bonchev–Trinajstić information content (AvgIpc) is 2.10. The molecule has 0 aromatic heterocycles. The van der Waals surface area contributed by atoms with Gasteiger partial charge in [-0.05, 0) is 25.0 Å². The Morgan fingerprint density at radius 3 is 2.54 bits per heavy atom. The fraction of sp³-hybridized carbons (Fsp3) is 0.889. The molecule has 0 saturated heterocycles. The SMILES string of the molecule is CCC(SCCCCCO)C(=O)O. The van der Waals surface area contributed by atoms with E-state index in [0.717, 1.165) is 25.0 Å². The van der Waals surface area contributed by atoms with E-state index in [2.05, 4.69) is 0 Å². The first kappa shape index (κ1) is 12.8. The summed E-state index contributed by atoms with van der Waals surface area (Å²) in [7, 11) is 0. The number of unbranched alkanes of at least 4 members (excludes halogenated alkanes) is 2. The molecule has 0 saturated carbocycles. The molecule has 0 spiro atoms. The molecule has 0 aliphatic rings. The van der Waals surface area contributed by atoms with Crippen LogP contribution in [-0.4, -0.2) is 33.8 Å². The van der Waals surface area contributed by atoms with Crippen molar-refractivity contribution < 1.29 is 15.0 Å². The molecule has 2 N–H and O–H groups in total. The number of carboxylic acids is 1. The highest BCUT2D eigenvalue weighted by molar-refractivity contribution is 8.00. The van der Waals surface area contributed by atoms with Crippen LogP contribution in [0.4, 0.5) is 0 Å². The zero-order chi connectivity index (χ0) is 10.1. The molecule has 3 nitrogen and oxygen atoms in total. The minimum atomic E-state index is -0.713. The van der Waals surface area contributed by atoms with Gasteiger partial charge in [0.05, 0.1) is 0 Å². The summed E-state index contributed by atoms with van der Waals surface area (Å²) in [4.78, 5) is 10.6. The van der Waals surface area contributed by atoms with Gasteiger partial charge in [-0.15, -0.1) is 11.8 Å². The van der Waals surface area contributed by atoms with Crippen molar-refractivity contribution in [2.75, 3.05) is 12.4 Å². The average molecular weight is 206 g/mol. The van der Waals surface area contributed by atoms with Gasteiger partial charge in [0, 0.05) is 6.61 Å². The Morgan fingerprint density at radius 2 is 2.08 bits per heavy atom. The van der Waals surface area contributed by atoms with Gasteiger partial charge in [-0.25, -0.2) is 0 Å². The van der Waals surface area contributed by atoms with Crippen LogP contribution in [0.2, 0.25) is 0 Å². The second kappa shape index (κ2) is 8.38. The molecule has 0 heterocycles.